The number of Topliss-reactive ketones (excluding diaryl/α,β-unsaturated/α-hetero) is 2. The molecule has 8 amide bonds. The number of aromatic hydroxyl groups is 2. The third-order valence-corrected chi connectivity index (χ3v) is 27.7. The number of fused-ring (bicyclic) bond motifs is 7. The number of carbonyl (C=O) groups is 11. The van der Waals surface area contributed by atoms with Crippen LogP contribution in [-0.4, -0.2) is 380 Å². The molecule has 0 radical (unpaired) electrons. The van der Waals surface area contributed by atoms with Crippen LogP contribution >= 0.6 is 35.2 Å². The fraction of sp³-hybridized carbons (Fsp3) is 0.613. The van der Waals surface area contributed by atoms with E-state index in [1.807, 2.05) is 0 Å². The zero-order valence-electron chi connectivity index (χ0n) is 82.6. The summed E-state index contributed by atoms with van der Waals surface area (Å²) < 4.78 is 142. The molecule has 5 aromatic rings. The van der Waals surface area contributed by atoms with Crippen molar-refractivity contribution in [1.82, 2.24) is 50.6 Å². The predicted octanol–water partition coefficient (Wildman–Crippen LogP) is 3.10. The summed E-state index contributed by atoms with van der Waals surface area (Å²) >= 11 is 1.16. The Morgan fingerprint density at radius 1 is 0.570 bits per heavy atom. The maximum atomic E-state index is 14.3. The number of carbonyl (C=O) groups excluding carboxylic acids is 11. The number of aliphatic hydroxyl groups excluding tert-OH is 2. The molecule has 10 rings (SSSR count). The number of hydrogen-bond acceptors (Lipinski definition) is 42. The van der Waals surface area contributed by atoms with E-state index in [0.717, 1.165) is 33.9 Å². The van der Waals surface area contributed by atoms with Crippen LogP contribution in [0.5, 0.6) is 23.0 Å². The lowest BCUT2D eigenvalue weighted by molar-refractivity contribution is -0.139. The normalized spacial score (nSPS) is 18.0. The van der Waals surface area contributed by atoms with Gasteiger partial charge in [-0.1, -0.05) is 20.3 Å². The number of imidazole rings is 1. The average Bonchev–Trinajstić information content (AvgIpc) is 1.56. The van der Waals surface area contributed by atoms with Crippen LogP contribution in [0.4, 0.5) is 5.82 Å². The maximum Gasteiger partial charge on any atom is 0.481 e. The van der Waals surface area contributed by atoms with Gasteiger partial charge >= 0.3 is 29.4 Å². The van der Waals surface area contributed by atoms with Gasteiger partial charge < -0.3 is 138 Å². The van der Waals surface area contributed by atoms with Gasteiger partial charge in [-0.3, -0.25) is 75.9 Å². The number of ether oxygens (including phenoxy) is 15. The molecule has 149 heavy (non-hydrogen) atoms. The van der Waals surface area contributed by atoms with Gasteiger partial charge in [0.05, 0.1) is 188 Å². The molecule has 0 aliphatic carbocycles. The first kappa shape index (κ1) is 121. The lowest BCUT2D eigenvalue weighted by Gasteiger charge is -2.36. The molecule has 7 heterocycles. The van der Waals surface area contributed by atoms with Crippen molar-refractivity contribution in [2.75, 3.05) is 216 Å². The summed E-state index contributed by atoms with van der Waals surface area (Å²) in [4.78, 5) is 196. The van der Waals surface area contributed by atoms with E-state index in [9.17, 15) is 106 Å². The second kappa shape index (κ2) is 61.8. The number of aromatic nitrogens is 4. The Labute approximate surface area is 861 Å². The number of nitrogens with two attached hydrogens (primary N) is 1. The number of anilines is 1. The number of benzene rings is 3. The van der Waals surface area contributed by atoms with Gasteiger partial charge in [-0.05, 0) is 87.4 Å². The molecule has 1 spiro atoms. The molecule has 826 valence electrons. The molecule has 14 N–H and O–H groups in total. The molecular formula is C93H132N11O41P3S. The van der Waals surface area contributed by atoms with Gasteiger partial charge in [0.25, 0.3) is 17.7 Å². The van der Waals surface area contributed by atoms with Crippen LogP contribution in [0.3, 0.4) is 0 Å². The van der Waals surface area contributed by atoms with E-state index < -0.39 is 119 Å². The van der Waals surface area contributed by atoms with Gasteiger partial charge in [0.2, 0.25) is 29.5 Å². The Bertz CT molecular complexity index is 5360. The van der Waals surface area contributed by atoms with Crippen LogP contribution in [0.2, 0.25) is 0 Å². The van der Waals surface area contributed by atoms with Gasteiger partial charge in [0, 0.05) is 136 Å². The molecule has 0 saturated carbocycles. The minimum absolute atomic E-state index is 0.00442. The highest BCUT2D eigenvalue weighted by Crippen LogP contribution is 2.62. The zero-order chi connectivity index (χ0) is 107. The summed E-state index contributed by atoms with van der Waals surface area (Å²) in [5.74, 6) is -4.53. The third kappa shape index (κ3) is 39.4. The van der Waals surface area contributed by atoms with E-state index in [1.165, 1.54) is 73.4 Å². The quantitative estimate of drug-likeness (QED) is 0.0115. The summed E-state index contributed by atoms with van der Waals surface area (Å²) in [5.41, 5.74) is 3.92. The fourth-order valence-electron chi connectivity index (χ4n) is 15.7. The van der Waals surface area contributed by atoms with Crippen LogP contribution < -0.4 is 31.7 Å². The molecule has 2 aromatic heterocycles. The van der Waals surface area contributed by atoms with Crippen molar-refractivity contribution >= 4 is 117 Å². The van der Waals surface area contributed by atoms with Crippen LogP contribution in [-0.2, 0) is 147 Å². The topological polar surface area (TPSA) is 700 Å². The van der Waals surface area contributed by atoms with E-state index in [0.29, 0.717) is 181 Å². The van der Waals surface area contributed by atoms with Gasteiger partial charge in [-0.15, -0.1) is 11.8 Å². The number of aliphatic hydroxyl groups is 2. The molecular weight excluding hydrogens is 2050 g/mol. The van der Waals surface area contributed by atoms with Crippen molar-refractivity contribution in [1.29, 1.82) is 0 Å². The number of thioether (sulfide) groups is 1. The fourth-order valence-corrected chi connectivity index (χ4v) is 19.6. The van der Waals surface area contributed by atoms with E-state index in [4.69, 9.17) is 85.8 Å². The zero-order valence-corrected chi connectivity index (χ0v) is 86.1. The number of amides is 8. The first-order valence-electron chi connectivity index (χ1n) is 48.6. The highest BCUT2D eigenvalue weighted by Gasteiger charge is 2.55. The summed E-state index contributed by atoms with van der Waals surface area (Å²) in [6.07, 6.45) is -0.646. The summed E-state index contributed by atoms with van der Waals surface area (Å²) in [5, 5.41) is 52.7. The Balaban J connectivity index is 0.452. The number of phosphoric acid groups is 3. The predicted molar refractivity (Wildman–Crippen MR) is 521 cm³/mol. The Hall–Kier alpha value is -9.76. The molecule has 3 aromatic carbocycles. The Morgan fingerprint density at radius 3 is 1.68 bits per heavy atom. The first-order valence-corrected chi connectivity index (χ1v) is 54.2. The number of nitrogens with zero attached hydrogens (tertiary/aromatic N) is 6. The standard InChI is InChI=1S/C93H132N11O41P3S/c1-92(2,59-140-148(125,126)145-147(123,124)139-58-74-83(144-146(120,121)122)82(114)90(142-74)104-61-100-81-85(94)98-60-99-86(81)104)84(115)88(117)97-25-22-77(110)96-26-53-149-75-57-80(113)103(89(75)118)28-8-10-63(105)23-30-128-32-34-130-36-38-132-40-42-134-44-46-136-48-50-138-52-51-137-49-47-135-45-43-133-41-39-131-37-35-129-33-31-127-29-9-12-71(108)70(11-5-6-24-95-76(109)13-4-3-7-27-102-78(111)20-21-79(102)112)101-87(116)62-14-17-66-69(54-62)93(143-91(66)119)67-18-15-64(106)55-72(67)141-73-56-65(107)16-19-68(73)93/h14-21,54-56,60-61,70,74-75,82-84,90,106-107,114-115H,3-13,22-53,57-59H2,1-2H3,(H,95,109)(H,96,110)(H,97,117)(H,101,116)(H,123,124)(H,125,126)(H2,94,98,99)(H2,120,121,122)/t70?,74-,75?,82+,83?,84+,90-/m1/s1. The number of likely N-dealkylation sites (tertiary alicyclic amines) is 1. The molecule has 56 heteroatoms. The second-order valence-corrected chi connectivity index (χ2v) is 40.5. The maximum absolute atomic E-state index is 14.3. The van der Waals surface area contributed by atoms with E-state index >= 15 is 0 Å². The van der Waals surface area contributed by atoms with E-state index in [2.05, 4.69) is 45.1 Å². The van der Waals surface area contributed by atoms with E-state index in [-0.39, 0.29) is 209 Å². The number of ketones is 2. The number of rotatable bonds is 78. The number of nitrogen functional groups attached to an aromatic ring is 1. The van der Waals surface area contributed by atoms with Crippen LogP contribution in [0.1, 0.15) is 147 Å². The lowest BCUT2D eigenvalue weighted by atomic mass is 9.77. The molecule has 9 atom stereocenters. The van der Waals surface area contributed by atoms with Crippen molar-refractivity contribution in [3.63, 3.8) is 0 Å². The summed E-state index contributed by atoms with van der Waals surface area (Å²) in [6, 6.07) is 12.2. The number of unbranched alkanes of at least 4 members (excludes halogenated alkanes) is 3. The Kier molecular flexibility index (Phi) is 50.2. The first-order chi connectivity index (χ1) is 71.4. The van der Waals surface area contributed by atoms with E-state index in [1.54, 1.807) is 12.1 Å². The minimum atomic E-state index is -5.65. The van der Waals surface area contributed by atoms with Crippen LogP contribution in [0, 0.1) is 5.41 Å². The van der Waals surface area contributed by atoms with Crippen LogP contribution in [0.25, 0.3) is 11.2 Å². The molecule has 5 unspecified atom stereocenters. The number of hydrogen-bond donors (Lipinski definition) is 13. The number of phenols is 2. The molecule has 2 saturated heterocycles. The van der Waals surface area contributed by atoms with Gasteiger partial charge in [0.1, 0.15) is 65.0 Å². The summed E-state index contributed by atoms with van der Waals surface area (Å²) in [6.45, 7) is 8.90. The van der Waals surface area contributed by atoms with Crippen LogP contribution in [0.15, 0.2) is 79.4 Å². The highest BCUT2D eigenvalue weighted by molar-refractivity contribution is 8.00. The smallest absolute Gasteiger partial charge is 0.481 e. The molecule has 0 bridgehead atoms. The molecule has 52 nitrogen and oxygen atoms in total. The largest absolute Gasteiger partial charge is 0.508 e. The molecule has 5 aliphatic heterocycles. The molecule has 2 fully saturated rings. The van der Waals surface area contributed by atoms with Crippen molar-refractivity contribution in [3.8, 4) is 23.0 Å². The Morgan fingerprint density at radius 2 is 1.11 bits per heavy atom. The highest BCUT2D eigenvalue weighted by atomic mass is 32.2. The van der Waals surface area contributed by atoms with Gasteiger partial charge in [0.15, 0.2) is 29.1 Å². The average molecular weight is 2190 g/mol. The number of phosphoric ester groups is 3. The second-order valence-electron chi connectivity index (χ2n) is 35.0. The lowest BCUT2D eigenvalue weighted by Crippen LogP contribution is -2.46. The van der Waals surface area contributed by atoms with Gasteiger partial charge in [-0.2, -0.15) is 4.31 Å². The third-order valence-electron chi connectivity index (χ3n) is 23.3. The minimum Gasteiger partial charge on any atom is -0.508 e. The van der Waals surface area contributed by atoms with Crippen molar-refractivity contribution in [2.24, 2.45) is 5.41 Å². The SMILES string of the molecule is CC(C)(COP(=O)(O)OP(=O)(O)OC[C@H]1O[C@@H](n2cnc3c(N)ncnc32)[C@@H](O)C1OP(=O)(O)O)[C@@H](O)C(=O)NCCC(=O)NCCSC1CC(=O)N(CCCC(=O)CCOCCOCCOCCOCCOCCOCCOCCOCCOCCOCCOCCOCCCC(=O)C(CCCCNC(=O)CCCCCN2C(=O)C=CC2=O)NC(=O)c2ccc3c(c2)C2(OC3=O)c3ccc(O)cc3Oc3cc(O)ccc32)C1=O. The summed E-state index contributed by atoms with van der Waals surface area (Å²) in [7, 11) is -16.6. The molecule has 5 aliphatic rings. The number of imide groups is 2. The number of phenolic OH excluding ortho intramolecular Hbond substituents is 2. The van der Waals surface area contributed by atoms with Crippen molar-refractivity contribution < 1.29 is 195 Å². The number of nitrogens with one attached hydrogen (secondary N) is 4. The number of esters is 1. The van der Waals surface area contributed by atoms with Crippen molar-refractivity contribution in [3.05, 3.63) is 107 Å². The van der Waals surface area contributed by atoms with Gasteiger partial charge in [-0.25, -0.2) is 33.4 Å². The van der Waals surface area contributed by atoms with Crippen molar-refractivity contribution in [2.45, 2.75) is 151 Å². The monoisotopic (exact) mass is 2180 g/mol.